The van der Waals surface area contributed by atoms with Crippen molar-refractivity contribution in [2.45, 2.75) is 52.4 Å². The van der Waals surface area contributed by atoms with Gasteiger partial charge in [-0.15, -0.1) is 0 Å². The molecule has 0 bridgehead atoms. The predicted molar refractivity (Wildman–Crippen MR) is 108 cm³/mol. The largest absolute Gasteiger partial charge is 0.507 e. The number of hydrogen-bond donors (Lipinski definition) is 0. The summed E-state index contributed by atoms with van der Waals surface area (Å²) in [5.41, 5.74) is 1.20. The minimum absolute atomic E-state index is 0.314. The molecule has 0 saturated heterocycles. The maximum atomic E-state index is 6.37. The molecule has 1 atom stereocenters. The molecular weight excluding hydrogens is 344 g/mol. The normalized spacial score (nSPS) is 13.2. The molecule has 1 unspecified atom stereocenters. The number of rotatable bonds is 12. The second-order valence-electron chi connectivity index (χ2n) is 6.39. The molecule has 0 aliphatic heterocycles. The summed E-state index contributed by atoms with van der Waals surface area (Å²) in [6.45, 7) is 7.50. The van der Waals surface area contributed by atoms with E-state index >= 15 is 0 Å². The van der Waals surface area contributed by atoms with E-state index in [0.717, 1.165) is 19.3 Å². The zero-order chi connectivity index (χ0) is 18.8. The van der Waals surface area contributed by atoms with E-state index in [0.29, 0.717) is 19.3 Å². The molecule has 2 aromatic carbocycles. The van der Waals surface area contributed by atoms with Gasteiger partial charge in [0.1, 0.15) is 0 Å². The first kappa shape index (κ1) is 21.1. The Morgan fingerprint density at radius 2 is 1.54 bits per heavy atom. The highest BCUT2D eigenvalue weighted by Crippen LogP contribution is 2.26. The number of benzene rings is 2. The molecule has 0 radical (unpaired) electrons. The summed E-state index contributed by atoms with van der Waals surface area (Å²) in [6, 6.07) is 15.4. The van der Waals surface area contributed by atoms with E-state index in [1.807, 2.05) is 6.92 Å². The summed E-state index contributed by atoms with van der Waals surface area (Å²) in [6.07, 6.45) is 2.29. The molecule has 144 valence electrons. The summed E-state index contributed by atoms with van der Waals surface area (Å²) in [7, 11) is -1.25. The van der Waals surface area contributed by atoms with Crippen LogP contribution in [0.15, 0.2) is 42.5 Å². The van der Waals surface area contributed by atoms with Crippen LogP contribution in [0.3, 0.4) is 0 Å². The molecule has 0 N–H and O–H groups in total. The van der Waals surface area contributed by atoms with Gasteiger partial charge in [-0.2, -0.15) is 0 Å². The molecule has 0 aliphatic rings. The van der Waals surface area contributed by atoms with Crippen molar-refractivity contribution in [1.29, 1.82) is 0 Å². The predicted octanol–water partition coefficient (Wildman–Crippen LogP) is 5.11. The van der Waals surface area contributed by atoms with Gasteiger partial charge in [-0.25, -0.2) is 0 Å². The maximum absolute atomic E-state index is 6.37. The van der Waals surface area contributed by atoms with Crippen molar-refractivity contribution in [2.75, 3.05) is 20.3 Å². The highest BCUT2D eigenvalue weighted by molar-refractivity contribution is 6.60. The van der Waals surface area contributed by atoms with Crippen LogP contribution in [0.2, 0.25) is 0 Å². The Bertz CT molecular complexity index is 644. The standard InChI is InChI=1S/C21H32O4Si/c1-5-15-23-26(24-16-6-2,25-21(7-3)22-4)17-19-13-10-12-18-11-8-9-14-20(18)19/h8-14,21H,5-7,15-17H2,1-4H3. The summed E-state index contributed by atoms with van der Waals surface area (Å²) in [4.78, 5) is 0. The molecule has 0 spiro atoms. The van der Waals surface area contributed by atoms with Crippen molar-refractivity contribution in [3.05, 3.63) is 48.0 Å². The SMILES string of the molecule is CCCO[Si](Cc1cccc2ccccc12)(OCCC)OC(CC)OC. The van der Waals surface area contributed by atoms with Crippen molar-refractivity contribution in [1.82, 2.24) is 0 Å². The van der Waals surface area contributed by atoms with Gasteiger partial charge in [0, 0.05) is 26.4 Å². The highest BCUT2D eigenvalue weighted by atomic mass is 28.4. The first-order valence-corrected chi connectivity index (χ1v) is 11.6. The van der Waals surface area contributed by atoms with E-state index < -0.39 is 8.80 Å². The van der Waals surface area contributed by atoms with Gasteiger partial charge >= 0.3 is 8.80 Å². The van der Waals surface area contributed by atoms with Crippen LogP contribution in [-0.4, -0.2) is 35.4 Å². The van der Waals surface area contributed by atoms with Gasteiger partial charge in [0.2, 0.25) is 0 Å². The summed E-state index contributed by atoms with van der Waals surface area (Å²) in [5.74, 6) is 0. The van der Waals surface area contributed by atoms with Crippen LogP contribution in [0.1, 0.15) is 45.6 Å². The molecule has 0 amide bonds. The molecule has 0 heterocycles. The number of fused-ring (bicyclic) bond motifs is 1. The molecule has 0 fully saturated rings. The van der Waals surface area contributed by atoms with Crippen LogP contribution in [0.25, 0.3) is 10.8 Å². The second kappa shape index (κ2) is 10.8. The van der Waals surface area contributed by atoms with E-state index in [9.17, 15) is 0 Å². The number of methoxy groups -OCH3 is 1. The number of hydrogen-bond acceptors (Lipinski definition) is 4. The zero-order valence-electron chi connectivity index (χ0n) is 16.5. The van der Waals surface area contributed by atoms with E-state index in [2.05, 4.69) is 56.3 Å². The Morgan fingerprint density at radius 1 is 0.885 bits per heavy atom. The lowest BCUT2D eigenvalue weighted by Gasteiger charge is -2.33. The topological polar surface area (TPSA) is 36.9 Å². The monoisotopic (exact) mass is 376 g/mol. The Kier molecular flexibility index (Phi) is 8.75. The van der Waals surface area contributed by atoms with Gasteiger partial charge in [-0.05, 0) is 35.6 Å². The molecule has 0 aliphatic carbocycles. The molecule has 5 heteroatoms. The van der Waals surface area contributed by atoms with Crippen LogP contribution >= 0.6 is 0 Å². The minimum Gasteiger partial charge on any atom is -0.373 e. The Hall–Kier alpha value is -1.24. The summed E-state index contributed by atoms with van der Waals surface area (Å²) >= 11 is 0. The highest BCUT2D eigenvalue weighted by Gasteiger charge is 2.44. The maximum Gasteiger partial charge on any atom is 0.507 e. The first-order chi connectivity index (χ1) is 12.7. The Labute approximate surface area is 158 Å². The number of ether oxygens (including phenoxy) is 1. The van der Waals surface area contributed by atoms with Crippen LogP contribution in [0.5, 0.6) is 0 Å². The average molecular weight is 377 g/mol. The van der Waals surface area contributed by atoms with Crippen LogP contribution in [0.4, 0.5) is 0 Å². The quantitative estimate of drug-likeness (QED) is 0.381. The zero-order valence-corrected chi connectivity index (χ0v) is 17.5. The third-order valence-corrected chi connectivity index (χ3v) is 6.97. The van der Waals surface area contributed by atoms with Gasteiger partial charge in [0.05, 0.1) is 0 Å². The average Bonchev–Trinajstić information content (AvgIpc) is 2.69. The van der Waals surface area contributed by atoms with E-state index in [-0.39, 0.29) is 6.29 Å². The third kappa shape index (κ3) is 5.63. The van der Waals surface area contributed by atoms with Crippen molar-refractivity contribution < 1.29 is 18.0 Å². The molecule has 2 rings (SSSR count). The van der Waals surface area contributed by atoms with Crippen LogP contribution < -0.4 is 0 Å². The fourth-order valence-electron chi connectivity index (χ4n) is 2.95. The molecule has 2 aromatic rings. The van der Waals surface area contributed by atoms with Gasteiger partial charge < -0.3 is 18.0 Å². The van der Waals surface area contributed by atoms with Crippen LogP contribution in [0, 0.1) is 0 Å². The molecule has 4 nitrogen and oxygen atoms in total. The molecule has 0 saturated carbocycles. The van der Waals surface area contributed by atoms with Crippen molar-refractivity contribution in [2.24, 2.45) is 0 Å². The lowest BCUT2D eigenvalue weighted by atomic mass is 10.1. The Balaban J connectivity index is 2.38. The second-order valence-corrected chi connectivity index (χ2v) is 8.92. The lowest BCUT2D eigenvalue weighted by Crippen LogP contribution is -2.51. The molecule has 0 aromatic heterocycles. The van der Waals surface area contributed by atoms with Crippen molar-refractivity contribution in [3.8, 4) is 0 Å². The summed E-state index contributed by atoms with van der Waals surface area (Å²) in [5, 5.41) is 2.44. The molecule has 26 heavy (non-hydrogen) atoms. The first-order valence-electron chi connectivity index (χ1n) is 9.63. The van der Waals surface area contributed by atoms with Gasteiger partial charge in [0.15, 0.2) is 6.29 Å². The van der Waals surface area contributed by atoms with Crippen LogP contribution in [-0.2, 0) is 24.1 Å². The fourth-order valence-corrected chi connectivity index (χ4v) is 5.92. The smallest absolute Gasteiger partial charge is 0.373 e. The summed E-state index contributed by atoms with van der Waals surface area (Å²) < 4.78 is 24.4. The van der Waals surface area contributed by atoms with Gasteiger partial charge in [0.25, 0.3) is 0 Å². The Morgan fingerprint density at radius 3 is 2.15 bits per heavy atom. The van der Waals surface area contributed by atoms with E-state index in [4.69, 9.17) is 18.0 Å². The van der Waals surface area contributed by atoms with E-state index in [1.165, 1.54) is 16.3 Å². The van der Waals surface area contributed by atoms with E-state index in [1.54, 1.807) is 7.11 Å². The fraction of sp³-hybridized carbons (Fsp3) is 0.524. The van der Waals surface area contributed by atoms with Gasteiger partial charge in [-0.3, -0.25) is 0 Å². The minimum atomic E-state index is -2.93. The van der Waals surface area contributed by atoms with Crippen molar-refractivity contribution in [3.63, 3.8) is 0 Å². The lowest BCUT2D eigenvalue weighted by molar-refractivity contribution is -0.103. The van der Waals surface area contributed by atoms with Crippen molar-refractivity contribution >= 4 is 19.6 Å². The molecular formula is C21H32O4Si. The third-order valence-electron chi connectivity index (χ3n) is 4.25. The van der Waals surface area contributed by atoms with Gasteiger partial charge in [-0.1, -0.05) is 63.2 Å².